The van der Waals surface area contributed by atoms with Crippen LogP contribution >= 0.6 is 23.2 Å². The predicted molar refractivity (Wildman–Crippen MR) is 123 cm³/mol. The highest BCUT2D eigenvalue weighted by Crippen LogP contribution is 2.36. The monoisotopic (exact) mass is 455 g/mol. The summed E-state index contributed by atoms with van der Waals surface area (Å²) in [5.41, 5.74) is 2.90. The summed E-state index contributed by atoms with van der Waals surface area (Å²) in [5.74, 6) is 1.71. The quantitative estimate of drug-likeness (QED) is 0.353. The molecule has 0 radical (unpaired) electrons. The molecule has 0 aliphatic carbocycles. The number of amides is 1. The number of rotatable bonds is 7. The van der Waals surface area contributed by atoms with E-state index in [0.29, 0.717) is 46.0 Å². The minimum Gasteiger partial charge on any atom is -0.493 e. The highest BCUT2D eigenvalue weighted by molar-refractivity contribution is 6.36. The lowest BCUT2D eigenvalue weighted by atomic mass is 10.0. The van der Waals surface area contributed by atoms with Crippen LogP contribution in [-0.2, 0) is 4.79 Å². The number of benzene rings is 3. The molecule has 1 aliphatic heterocycles. The number of anilines is 1. The van der Waals surface area contributed by atoms with Crippen LogP contribution in [0.15, 0.2) is 60.7 Å². The van der Waals surface area contributed by atoms with Gasteiger partial charge in [0.1, 0.15) is 19.0 Å². The number of hydrogen-bond acceptors (Lipinski definition) is 4. The lowest BCUT2D eigenvalue weighted by molar-refractivity contribution is -0.110. The van der Waals surface area contributed by atoms with Gasteiger partial charge in [0.25, 0.3) is 5.91 Å². The standard InChI is InChI=1S/C24H19Cl2NO4/c1-29-23-13-15(12-20-19-8-5-17(26)14-21(19)27-24(20)28)2-9-22(23)31-11-10-30-18-6-3-16(25)4-7-18/h2-9,12-14H,10-11H2,1H3,(H,27,28)/b20-12+. The second-order valence-corrected chi connectivity index (χ2v) is 7.64. The topological polar surface area (TPSA) is 56.8 Å². The van der Waals surface area contributed by atoms with Crippen LogP contribution in [0.1, 0.15) is 11.1 Å². The highest BCUT2D eigenvalue weighted by atomic mass is 35.5. The summed E-state index contributed by atoms with van der Waals surface area (Å²) in [5, 5.41) is 4.06. The Hall–Kier alpha value is -3.15. The fourth-order valence-corrected chi connectivity index (χ4v) is 3.51. The van der Waals surface area contributed by atoms with Crippen molar-refractivity contribution in [3.8, 4) is 17.2 Å². The van der Waals surface area contributed by atoms with Crippen molar-refractivity contribution in [3.05, 3.63) is 81.8 Å². The van der Waals surface area contributed by atoms with Crippen molar-refractivity contribution >= 4 is 46.4 Å². The van der Waals surface area contributed by atoms with E-state index in [9.17, 15) is 4.79 Å². The molecule has 1 aliphatic rings. The molecule has 1 heterocycles. The molecular weight excluding hydrogens is 437 g/mol. The number of carbonyl (C=O) groups excluding carboxylic acids is 1. The van der Waals surface area contributed by atoms with Crippen molar-refractivity contribution in [3.63, 3.8) is 0 Å². The molecule has 3 aromatic rings. The van der Waals surface area contributed by atoms with Gasteiger partial charge in [-0.05, 0) is 60.2 Å². The predicted octanol–water partition coefficient (Wildman–Crippen LogP) is 5.95. The van der Waals surface area contributed by atoms with Crippen LogP contribution in [0.2, 0.25) is 10.0 Å². The molecule has 0 aromatic heterocycles. The van der Waals surface area contributed by atoms with Gasteiger partial charge in [0.05, 0.1) is 12.8 Å². The van der Waals surface area contributed by atoms with Crippen molar-refractivity contribution in [1.29, 1.82) is 0 Å². The van der Waals surface area contributed by atoms with Gasteiger partial charge in [-0.1, -0.05) is 35.3 Å². The molecule has 0 saturated carbocycles. The second-order valence-electron chi connectivity index (χ2n) is 6.76. The Labute approximate surface area is 190 Å². The summed E-state index contributed by atoms with van der Waals surface area (Å²) in [4.78, 5) is 12.4. The SMILES string of the molecule is COc1cc(/C=C2/C(=O)Nc3cc(Cl)ccc32)ccc1OCCOc1ccc(Cl)cc1. The van der Waals surface area contributed by atoms with E-state index < -0.39 is 0 Å². The largest absolute Gasteiger partial charge is 0.493 e. The Kier molecular flexibility index (Phi) is 6.35. The van der Waals surface area contributed by atoms with E-state index in [0.717, 1.165) is 16.9 Å². The van der Waals surface area contributed by atoms with Gasteiger partial charge < -0.3 is 19.5 Å². The van der Waals surface area contributed by atoms with Crippen molar-refractivity contribution in [2.75, 3.05) is 25.6 Å². The first-order chi connectivity index (χ1) is 15.0. The minimum atomic E-state index is -0.170. The lowest BCUT2D eigenvalue weighted by Crippen LogP contribution is -2.09. The Balaban J connectivity index is 1.44. The second kappa shape index (κ2) is 9.33. The average Bonchev–Trinajstić information content (AvgIpc) is 3.07. The molecule has 0 fully saturated rings. The van der Waals surface area contributed by atoms with Crippen LogP contribution in [0.3, 0.4) is 0 Å². The Morgan fingerprint density at radius 1 is 0.871 bits per heavy atom. The fraction of sp³-hybridized carbons (Fsp3) is 0.125. The van der Waals surface area contributed by atoms with Gasteiger partial charge in [0.15, 0.2) is 11.5 Å². The molecule has 1 amide bonds. The zero-order valence-electron chi connectivity index (χ0n) is 16.7. The Bertz CT molecular complexity index is 1140. The van der Waals surface area contributed by atoms with Gasteiger partial charge in [-0.25, -0.2) is 0 Å². The highest BCUT2D eigenvalue weighted by Gasteiger charge is 2.24. The minimum absolute atomic E-state index is 0.170. The summed E-state index contributed by atoms with van der Waals surface area (Å²) in [7, 11) is 1.57. The van der Waals surface area contributed by atoms with Gasteiger partial charge in [-0.15, -0.1) is 0 Å². The zero-order valence-corrected chi connectivity index (χ0v) is 18.2. The summed E-state index contributed by atoms with van der Waals surface area (Å²) < 4.78 is 16.9. The number of hydrogen-bond donors (Lipinski definition) is 1. The maximum absolute atomic E-state index is 12.4. The first kappa shape index (κ1) is 21.1. The van der Waals surface area contributed by atoms with E-state index in [1.165, 1.54) is 0 Å². The van der Waals surface area contributed by atoms with E-state index in [4.69, 9.17) is 37.4 Å². The molecule has 1 N–H and O–H groups in total. The summed E-state index contributed by atoms with van der Waals surface area (Å²) in [6.45, 7) is 0.714. The van der Waals surface area contributed by atoms with E-state index in [1.54, 1.807) is 43.5 Å². The van der Waals surface area contributed by atoms with Crippen LogP contribution in [-0.4, -0.2) is 26.2 Å². The van der Waals surface area contributed by atoms with Crippen LogP contribution in [0, 0.1) is 0 Å². The first-order valence-corrected chi connectivity index (χ1v) is 10.3. The molecule has 158 valence electrons. The lowest BCUT2D eigenvalue weighted by Gasteiger charge is -2.12. The molecule has 4 rings (SSSR count). The van der Waals surface area contributed by atoms with Gasteiger partial charge in [-0.2, -0.15) is 0 Å². The third-order valence-corrected chi connectivity index (χ3v) is 5.17. The number of fused-ring (bicyclic) bond motifs is 1. The van der Waals surface area contributed by atoms with Crippen molar-refractivity contribution in [1.82, 2.24) is 0 Å². The molecule has 0 unspecified atom stereocenters. The number of halogens is 2. The average molecular weight is 456 g/mol. The molecule has 0 saturated heterocycles. The molecule has 3 aromatic carbocycles. The summed E-state index contributed by atoms with van der Waals surface area (Å²) >= 11 is 11.9. The van der Waals surface area contributed by atoms with Crippen LogP contribution < -0.4 is 19.5 Å². The number of nitrogens with one attached hydrogen (secondary N) is 1. The Morgan fingerprint density at radius 3 is 2.39 bits per heavy atom. The number of carbonyl (C=O) groups is 1. The van der Waals surface area contributed by atoms with Gasteiger partial charge in [0.2, 0.25) is 0 Å². The molecule has 0 bridgehead atoms. The normalized spacial score (nSPS) is 13.6. The fourth-order valence-electron chi connectivity index (χ4n) is 3.21. The van der Waals surface area contributed by atoms with Crippen LogP contribution in [0.5, 0.6) is 17.2 Å². The van der Waals surface area contributed by atoms with Crippen molar-refractivity contribution < 1.29 is 19.0 Å². The number of methoxy groups -OCH3 is 1. The van der Waals surface area contributed by atoms with Gasteiger partial charge in [-0.3, -0.25) is 4.79 Å². The third-order valence-electron chi connectivity index (χ3n) is 4.69. The van der Waals surface area contributed by atoms with E-state index in [1.807, 2.05) is 30.3 Å². The van der Waals surface area contributed by atoms with Gasteiger partial charge in [0, 0.05) is 21.2 Å². The smallest absolute Gasteiger partial charge is 0.256 e. The molecule has 5 nitrogen and oxygen atoms in total. The first-order valence-electron chi connectivity index (χ1n) is 9.55. The number of ether oxygens (including phenoxy) is 3. The third kappa shape index (κ3) is 4.95. The van der Waals surface area contributed by atoms with E-state index in [-0.39, 0.29) is 5.91 Å². The molecule has 7 heteroatoms. The molecule has 0 atom stereocenters. The molecule has 31 heavy (non-hydrogen) atoms. The zero-order chi connectivity index (χ0) is 21.8. The molecular formula is C24H19Cl2NO4. The molecule has 0 spiro atoms. The van der Waals surface area contributed by atoms with Gasteiger partial charge >= 0.3 is 0 Å². The van der Waals surface area contributed by atoms with Crippen LogP contribution in [0.25, 0.3) is 11.6 Å². The van der Waals surface area contributed by atoms with Crippen molar-refractivity contribution in [2.24, 2.45) is 0 Å². The maximum Gasteiger partial charge on any atom is 0.256 e. The Morgan fingerprint density at radius 2 is 1.61 bits per heavy atom. The summed E-state index contributed by atoms with van der Waals surface area (Å²) in [6, 6.07) is 18.0. The van der Waals surface area contributed by atoms with Crippen molar-refractivity contribution in [2.45, 2.75) is 0 Å². The van der Waals surface area contributed by atoms with E-state index in [2.05, 4.69) is 5.32 Å². The maximum atomic E-state index is 12.4. The van der Waals surface area contributed by atoms with E-state index >= 15 is 0 Å². The summed E-state index contributed by atoms with van der Waals surface area (Å²) in [6.07, 6.45) is 1.81. The van der Waals surface area contributed by atoms with Crippen LogP contribution in [0.4, 0.5) is 5.69 Å².